The van der Waals surface area contributed by atoms with Gasteiger partial charge in [-0.25, -0.2) is 9.97 Å². The second kappa shape index (κ2) is 11.3. The van der Waals surface area contributed by atoms with Gasteiger partial charge in [-0.1, -0.05) is 13.8 Å². The van der Waals surface area contributed by atoms with Gasteiger partial charge >= 0.3 is 0 Å². The molecule has 0 radical (unpaired) electrons. The zero-order chi connectivity index (χ0) is 27.7. The number of aromatic hydroxyl groups is 3. The van der Waals surface area contributed by atoms with Crippen LogP contribution >= 0.6 is 0 Å². The normalized spacial score (nSPS) is 20.6. The highest BCUT2D eigenvalue weighted by molar-refractivity contribution is 6.10. The molecule has 2 fully saturated rings. The average molecular weight is 535 g/mol. The van der Waals surface area contributed by atoms with E-state index in [9.17, 15) is 20.1 Å². The summed E-state index contributed by atoms with van der Waals surface area (Å²) in [7, 11) is 0. The number of phenolic OH excluding ortho intramolecular Hbond substituents is 3. The van der Waals surface area contributed by atoms with E-state index in [1.54, 1.807) is 13.1 Å². The average Bonchev–Trinajstić information content (AvgIpc) is 3.61. The summed E-state index contributed by atoms with van der Waals surface area (Å²) >= 11 is 0. The zero-order valence-corrected chi connectivity index (χ0v) is 22.9. The molecule has 10 heteroatoms. The number of likely N-dealkylation sites (tertiary alicyclic amines) is 2. The van der Waals surface area contributed by atoms with Crippen LogP contribution in [0.4, 0.5) is 0 Å². The van der Waals surface area contributed by atoms with Gasteiger partial charge in [0.1, 0.15) is 39.3 Å². The van der Waals surface area contributed by atoms with Crippen LogP contribution in [0.2, 0.25) is 0 Å². The van der Waals surface area contributed by atoms with Gasteiger partial charge in [-0.2, -0.15) is 0 Å². The first-order chi connectivity index (χ1) is 18.8. The van der Waals surface area contributed by atoms with Gasteiger partial charge < -0.3 is 20.6 Å². The third-order valence-corrected chi connectivity index (χ3v) is 8.34. The highest BCUT2D eigenvalue weighted by atomic mass is 16.3. The number of fused-ring (bicyclic) bond motifs is 2. The molecule has 0 aliphatic carbocycles. The third-order valence-electron chi connectivity index (χ3n) is 8.34. The summed E-state index contributed by atoms with van der Waals surface area (Å²) in [5.41, 5.74) is 1.50. The van der Waals surface area contributed by atoms with E-state index in [1.165, 1.54) is 12.1 Å². The van der Waals surface area contributed by atoms with Gasteiger partial charge in [-0.15, -0.1) is 0 Å². The number of nitrogens with zero attached hydrogens (tertiary/aromatic N) is 5. The third kappa shape index (κ3) is 5.10. The molecule has 1 amide bonds. The van der Waals surface area contributed by atoms with Crippen molar-refractivity contribution in [2.45, 2.75) is 58.5 Å². The Morgan fingerprint density at radius 2 is 1.64 bits per heavy atom. The van der Waals surface area contributed by atoms with Crippen LogP contribution in [0, 0.1) is 6.92 Å². The number of benzene rings is 2. The van der Waals surface area contributed by atoms with Crippen LogP contribution in [0.5, 0.6) is 17.2 Å². The van der Waals surface area contributed by atoms with Gasteiger partial charge in [0, 0.05) is 30.4 Å². The largest absolute Gasteiger partial charge is 0.507 e. The first-order valence-electron chi connectivity index (χ1n) is 14.0. The minimum Gasteiger partial charge on any atom is -0.507 e. The van der Waals surface area contributed by atoms with Crippen LogP contribution in [-0.4, -0.2) is 98.6 Å². The number of nitrogens with one attached hydrogen (secondary N) is 1. The summed E-state index contributed by atoms with van der Waals surface area (Å²) in [4.78, 5) is 31.8. The molecule has 3 aromatic rings. The van der Waals surface area contributed by atoms with E-state index in [-0.39, 0.29) is 56.3 Å². The maximum Gasteiger partial charge on any atom is 0.253 e. The number of aliphatic imine (C=N–C) groups is 1. The van der Waals surface area contributed by atoms with Crippen LogP contribution in [0.1, 0.15) is 61.0 Å². The molecule has 2 atom stereocenters. The maximum atomic E-state index is 13.2. The summed E-state index contributed by atoms with van der Waals surface area (Å²) in [5, 5.41) is 35.5. The van der Waals surface area contributed by atoms with Gasteiger partial charge in [0.15, 0.2) is 0 Å². The lowest BCUT2D eigenvalue weighted by molar-refractivity contribution is 0.0943. The van der Waals surface area contributed by atoms with Crippen LogP contribution in [0.3, 0.4) is 0 Å². The van der Waals surface area contributed by atoms with Gasteiger partial charge in [-0.05, 0) is 70.9 Å². The number of hydrogen-bond donors (Lipinski definition) is 4. The van der Waals surface area contributed by atoms with Crippen LogP contribution in [0.25, 0.3) is 22.1 Å². The van der Waals surface area contributed by atoms with Crippen molar-refractivity contribution in [2.24, 2.45) is 4.99 Å². The molecule has 0 bridgehead atoms. The molecular formula is C29H38N6O4. The second-order valence-corrected chi connectivity index (χ2v) is 10.5. The van der Waals surface area contributed by atoms with Crippen molar-refractivity contribution < 1.29 is 20.1 Å². The number of phenols is 3. The molecular weight excluding hydrogens is 496 g/mol. The topological polar surface area (TPSA) is 134 Å². The van der Waals surface area contributed by atoms with Crippen molar-refractivity contribution in [3.8, 4) is 17.2 Å². The van der Waals surface area contributed by atoms with Crippen molar-refractivity contribution >= 4 is 34.2 Å². The summed E-state index contributed by atoms with van der Waals surface area (Å²) in [6.45, 7) is 11.0. The van der Waals surface area contributed by atoms with E-state index < -0.39 is 0 Å². The molecule has 2 aliphatic rings. The molecule has 0 saturated carbocycles. The first-order valence-corrected chi connectivity index (χ1v) is 14.0. The molecule has 3 heterocycles. The lowest BCUT2D eigenvalue weighted by Gasteiger charge is -2.23. The number of carbonyl (C=O) groups is 1. The number of rotatable bonds is 8. The lowest BCUT2D eigenvalue weighted by Crippen LogP contribution is -2.40. The highest BCUT2D eigenvalue weighted by Crippen LogP contribution is 2.39. The molecule has 0 spiro atoms. The molecule has 2 aliphatic heterocycles. The van der Waals surface area contributed by atoms with Gasteiger partial charge in [0.2, 0.25) is 0 Å². The fourth-order valence-electron chi connectivity index (χ4n) is 6.02. The fraction of sp³-hybridized carbons (Fsp3) is 0.517. The predicted molar refractivity (Wildman–Crippen MR) is 152 cm³/mol. The highest BCUT2D eigenvalue weighted by Gasteiger charge is 2.26. The molecule has 5 rings (SSSR count). The maximum absolute atomic E-state index is 13.2. The smallest absolute Gasteiger partial charge is 0.253 e. The zero-order valence-electron chi connectivity index (χ0n) is 22.9. The van der Waals surface area contributed by atoms with Gasteiger partial charge in [0.05, 0.1) is 17.7 Å². The minimum atomic E-state index is -0.314. The number of carbonyl (C=O) groups excluding carboxylic acids is 1. The van der Waals surface area contributed by atoms with E-state index in [0.29, 0.717) is 30.7 Å². The Labute approximate surface area is 228 Å². The summed E-state index contributed by atoms with van der Waals surface area (Å²) < 4.78 is 0. The van der Waals surface area contributed by atoms with E-state index in [4.69, 9.17) is 0 Å². The van der Waals surface area contributed by atoms with Gasteiger partial charge in [0.25, 0.3) is 5.91 Å². The Bertz CT molecular complexity index is 1420. The van der Waals surface area contributed by atoms with Crippen molar-refractivity contribution in [3.05, 3.63) is 28.8 Å². The van der Waals surface area contributed by atoms with Crippen molar-refractivity contribution in [2.75, 3.05) is 39.3 Å². The Balaban J connectivity index is 1.52. The Hall–Kier alpha value is -3.50. The van der Waals surface area contributed by atoms with E-state index in [1.807, 2.05) is 0 Å². The lowest BCUT2D eigenvalue weighted by atomic mass is 10.0. The molecule has 10 nitrogen and oxygen atoms in total. The quantitative estimate of drug-likeness (QED) is 0.255. The Morgan fingerprint density at radius 1 is 0.974 bits per heavy atom. The Kier molecular flexibility index (Phi) is 7.86. The van der Waals surface area contributed by atoms with Crippen LogP contribution in [-0.2, 0) is 0 Å². The van der Waals surface area contributed by atoms with Crippen molar-refractivity contribution in [1.29, 1.82) is 0 Å². The SMILES string of the molecule is CCN1CCCC1C/N=C/c1c(O)c(C)c(O)c2nc3c(C(=O)NCC4CCCN4CC)ccc(O)c3nc12. The number of amides is 1. The summed E-state index contributed by atoms with van der Waals surface area (Å²) in [5.74, 6) is -0.816. The van der Waals surface area contributed by atoms with Crippen molar-refractivity contribution in [1.82, 2.24) is 25.1 Å². The van der Waals surface area contributed by atoms with E-state index in [2.05, 4.69) is 43.9 Å². The first kappa shape index (κ1) is 27.1. The Morgan fingerprint density at radius 3 is 2.36 bits per heavy atom. The molecule has 2 unspecified atom stereocenters. The predicted octanol–water partition coefficient (Wildman–Crippen LogP) is 3.33. The number of aromatic nitrogens is 2. The fourth-order valence-corrected chi connectivity index (χ4v) is 6.02. The summed E-state index contributed by atoms with van der Waals surface area (Å²) in [6.07, 6.45) is 5.94. The van der Waals surface area contributed by atoms with E-state index in [0.717, 1.165) is 51.9 Å². The van der Waals surface area contributed by atoms with Gasteiger partial charge in [-0.3, -0.25) is 19.6 Å². The van der Waals surface area contributed by atoms with Crippen LogP contribution < -0.4 is 5.32 Å². The molecule has 208 valence electrons. The molecule has 1 aromatic heterocycles. The summed E-state index contributed by atoms with van der Waals surface area (Å²) in [6, 6.07) is 3.59. The van der Waals surface area contributed by atoms with Crippen LogP contribution in [0.15, 0.2) is 17.1 Å². The molecule has 2 saturated heterocycles. The molecule has 39 heavy (non-hydrogen) atoms. The standard InChI is InChI=1S/C29H38N6O4/c1-4-34-12-6-8-18(34)14-30-16-21-24-26(28(38)17(3)27(21)37)33-23-20(10-11-22(36)25(23)32-24)29(39)31-15-19-9-7-13-35(19)5-2/h10-11,16,18-19,36-38H,4-9,12-15H2,1-3H3,(H,31,39)/b30-16+. The number of hydrogen-bond acceptors (Lipinski definition) is 9. The second-order valence-electron chi connectivity index (χ2n) is 10.5. The van der Waals surface area contributed by atoms with E-state index >= 15 is 0 Å². The minimum absolute atomic E-state index is 0.122. The molecule has 4 N–H and O–H groups in total. The van der Waals surface area contributed by atoms with Crippen molar-refractivity contribution in [3.63, 3.8) is 0 Å². The number of likely N-dealkylation sites (N-methyl/N-ethyl adjacent to an activating group) is 2. The monoisotopic (exact) mass is 534 g/mol. The molecule has 2 aromatic carbocycles.